The third kappa shape index (κ3) is 5.01. The molecule has 1 unspecified atom stereocenters. The Morgan fingerprint density at radius 2 is 2.00 bits per heavy atom. The average molecular weight is 440 g/mol. The first-order chi connectivity index (χ1) is 14.9. The lowest BCUT2D eigenvalue weighted by Crippen LogP contribution is -2.29. The summed E-state index contributed by atoms with van der Waals surface area (Å²) in [6.45, 7) is 6.38. The van der Waals surface area contributed by atoms with E-state index in [1.165, 1.54) is 16.0 Å². The van der Waals surface area contributed by atoms with Crippen LogP contribution >= 0.6 is 11.3 Å². The fourth-order valence-electron chi connectivity index (χ4n) is 4.30. The van der Waals surface area contributed by atoms with E-state index in [2.05, 4.69) is 30.9 Å². The maximum absolute atomic E-state index is 13.5. The lowest BCUT2D eigenvalue weighted by molar-refractivity contribution is 0.301. The number of benzene rings is 1. The van der Waals surface area contributed by atoms with Gasteiger partial charge in [-0.3, -0.25) is 9.36 Å². The van der Waals surface area contributed by atoms with Crippen molar-refractivity contribution in [1.82, 2.24) is 14.5 Å². The number of rotatable bonds is 8. The summed E-state index contributed by atoms with van der Waals surface area (Å²) < 4.78 is 7.77. The van der Waals surface area contributed by atoms with Crippen molar-refractivity contribution in [2.75, 3.05) is 20.7 Å². The second kappa shape index (κ2) is 9.53. The first-order valence-corrected chi connectivity index (χ1v) is 12.1. The van der Waals surface area contributed by atoms with Crippen LogP contribution in [0.2, 0.25) is 0 Å². The molecule has 0 N–H and O–H groups in total. The van der Waals surface area contributed by atoms with E-state index in [-0.39, 0.29) is 5.56 Å². The normalized spacial score (nSPS) is 16.1. The fourth-order valence-corrected chi connectivity index (χ4v) is 5.69. The van der Waals surface area contributed by atoms with Crippen molar-refractivity contribution in [1.29, 1.82) is 0 Å². The molecule has 1 aliphatic carbocycles. The molecule has 166 valence electrons. The Morgan fingerprint density at radius 3 is 2.74 bits per heavy atom. The zero-order valence-corrected chi connectivity index (χ0v) is 19.9. The molecule has 1 aromatic carbocycles. The summed E-state index contributed by atoms with van der Waals surface area (Å²) >= 11 is 1.74. The van der Waals surface area contributed by atoms with Gasteiger partial charge in [-0.25, -0.2) is 4.98 Å². The molecule has 0 saturated carbocycles. The summed E-state index contributed by atoms with van der Waals surface area (Å²) in [4.78, 5) is 22.9. The molecule has 0 radical (unpaired) electrons. The van der Waals surface area contributed by atoms with E-state index in [0.717, 1.165) is 53.9 Å². The molecule has 0 saturated heterocycles. The van der Waals surface area contributed by atoms with Crippen molar-refractivity contribution in [3.63, 3.8) is 0 Å². The minimum atomic E-state index is 0.147. The van der Waals surface area contributed by atoms with Crippen LogP contribution in [0, 0.1) is 12.8 Å². The zero-order chi connectivity index (χ0) is 22.0. The predicted octanol–water partition coefficient (Wildman–Crippen LogP) is 4.81. The highest BCUT2D eigenvalue weighted by Crippen LogP contribution is 2.35. The number of unbranched alkanes of at least 4 members (excludes halogenated alkanes) is 1. The molecule has 5 nitrogen and oxygen atoms in total. The number of hydrogen-bond acceptors (Lipinski definition) is 5. The minimum absolute atomic E-state index is 0.147. The summed E-state index contributed by atoms with van der Waals surface area (Å²) in [5.41, 5.74) is 2.64. The first-order valence-electron chi connectivity index (χ1n) is 11.3. The SMILES string of the molecule is Cc1ccc(OCCCCn2c(CN(C)C)nc3sc4c(c3c2=O)CCC(C)C4)cc1. The summed E-state index contributed by atoms with van der Waals surface area (Å²) in [5, 5.41) is 0.880. The summed E-state index contributed by atoms with van der Waals surface area (Å²) in [5.74, 6) is 2.46. The molecule has 0 spiro atoms. The van der Waals surface area contributed by atoms with Crippen LogP contribution in [0.25, 0.3) is 10.2 Å². The lowest BCUT2D eigenvalue weighted by Gasteiger charge is -2.18. The molecule has 2 aromatic heterocycles. The molecule has 4 rings (SSSR count). The molecule has 0 amide bonds. The van der Waals surface area contributed by atoms with Crippen LogP contribution in [0.3, 0.4) is 0 Å². The number of nitrogens with zero attached hydrogens (tertiary/aromatic N) is 3. The average Bonchev–Trinajstić information content (AvgIpc) is 3.08. The smallest absolute Gasteiger partial charge is 0.262 e. The molecule has 31 heavy (non-hydrogen) atoms. The quantitative estimate of drug-likeness (QED) is 0.473. The van der Waals surface area contributed by atoms with Gasteiger partial charge in [0.2, 0.25) is 0 Å². The van der Waals surface area contributed by atoms with Gasteiger partial charge in [-0.15, -0.1) is 11.3 Å². The summed E-state index contributed by atoms with van der Waals surface area (Å²) in [6.07, 6.45) is 5.04. The number of aryl methyl sites for hydroxylation is 2. The molecule has 1 atom stereocenters. The van der Waals surface area contributed by atoms with Gasteiger partial charge >= 0.3 is 0 Å². The van der Waals surface area contributed by atoms with Gasteiger partial charge in [0.1, 0.15) is 16.4 Å². The molecule has 6 heteroatoms. The lowest BCUT2D eigenvalue weighted by atomic mass is 9.89. The molecule has 0 fully saturated rings. The third-order valence-corrected chi connectivity index (χ3v) is 7.17. The molecule has 0 aliphatic heterocycles. The predicted molar refractivity (Wildman–Crippen MR) is 128 cm³/mol. The maximum Gasteiger partial charge on any atom is 0.262 e. The van der Waals surface area contributed by atoms with Crippen LogP contribution in [-0.2, 0) is 25.9 Å². The van der Waals surface area contributed by atoms with Crippen LogP contribution in [0.4, 0.5) is 0 Å². The van der Waals surface area contributed by atoms with Crippen molar-refractivity contribution in [2.45, 2.75) is 59.0 Å². The Bertz CT molecular complexity index is 1100. The van der Waals surface area contributed by atoms with Gasteiger partial charge in [-0.1, -0.05) is 24.6 Å². The topological polar surface area (TPSA) is 47.4 Å². The van der Waals surface area contributed by atoms with Crippen LogP contribution in [0.5, 0.6) is 5.75 Å². The Balaban J connectivity index is 1.51. The Hall–Kier alpha value is -2.18. The summed E-state index contributed by atoms with van der Waals surface area (Å²) in [7, 11) is 4.05. The molecule has 0 bridgehead atoms. The van der Waals surface area contributed by atoms with E-state index in [0.29, 0.717) is 25.6 Å². The van der Waals surface area contributed by atoms with Gasteiger partial charge in [0.15, 0.2) is 0 Å². The van der Waals surface area contributed by atoms with Gasteiger partial charge in [-0.2, -0.15) is 0 Å². The zero-order valence-electron chi connectivity index (χ0n) is 19.1. The van der Waals surface area contributed by atoms with Crippen molar-refractivity contribution >= 4 is 21.6 Å². The minimum Gasteiger partial charge on any atom is -0.494 e. The van der Waals surface area contributed by atoms with Gasteiger partial charge in [0, 0.05) is 11.4 Å². The van der Waals surface area contributed by atoms with Crippen molar-refractivity contribution < 1.29 is 4.74 Å². The van der Waals surface area contributed by atoms with Crippen molar-refractivity contribution in [3.05, 3.63) is 56.4 Å². The Labute approximate surface area is 188 Å². The Kier molecular flexibility index (Phi) is 6.77. The van der Waals surface area contributed by atoms with E-state index < -0.39 is 0 Å². The van der Waals surface area contributed by atoms with Crippen LogP contribution < -0.4 is 10.3 Å². The first kappa shape index (κ1) is 22.0. The van der Waals surface area contributed by atoms with E-state index in [1.807, 2.05) is 30.8 Å². The van der Waals surface area contributed by atoms with Crippen molar-refractivity contribution in [3.8, 4) is 5.75 Å². The van der Waals surface area contributed by atoms with E-state index >= 15 is 0 Å². The van der Waals surface area contributed by atoms with Gasteiger partial charge < -0.3 is 9.64 Å². The second-order valence-corrected chi connectivity index (χ2v) is 10.2. The number of ether oxygens (including phenoxy) is 1. The highest BCUT2D eigenvalue weighted by atomic mass is 32.1. The maximum atomic E-state index is 13.5. The van der Waals surface area contributed by atoms with Crippen LogP contribution in [0.1, 0.15) is 48.0 Å². The monoisotopic (exact) mass is 439 g/mol. The molecular weight excluding hydrogens is 406 g/mol. The van der Waals surface area contributed by atoms with E-state index in [1.54, 1.807) is 11.3 Å². The van der Waals surface area contributed by atoms with E-state index in [4.69, 9.17) is 9.72 Å². The molecular formula is C25H33N3O2S. The van der Waals surface area contributed by atoms with Gasteiger partial charge in [0.05, 0.1) is 18.5 Å². The van der Waals surface area contributed by atoms with Crippen LogP contribution in [0.15, 0.2) is 29.1 Å². The number of fused-ring (bicyclic) bond motifs is 3. The fraction of sp³-hybridized carbons (Fsp3) is 0.520. The highest BCUT2D eigenvalue weighted by molar-refractivity contribution is 7.18. The molecule has 3 aromatic rings. The highest BCUT2D eigenvalue weighted by Gasteiger charge is 2.24. The largest absolute Gasteiger partial charge is 0.494 e. The summed E-state index contributed by atoms with van der Waals surface area (Å²) in [6, 6.07) is 8.14. The third-order valence-electron chi connectivity index (χ3n) is 6.02. The van der Waals surface area contributed by atoms with Gasteiger partial charge in [-0.05, 0) is 76.7 Å². The van der Waals surface area contributed by atoms with E-state index in [9.17, 15) is 4.79 Å². The Morgan fingerprint density at radius 1 is 1.23 bits per heavy atom. The number of thiophene rings is 1. The number of aromatic nitrogens is 2. The molecule has 1 aliphatic rings. The second-order valence-electron chi connectivity index (χ2n) is 9.12. The van der Waals surface area contributed by atoms with Crippen LogP contribution in [-0.4, -0.2) is 35.2 Å². The van der Waals surface area contributed by atoms with Crippen molar-refractivity contribution in [2.24, 2.45) is 5.92 Å². The standard InChI is InChI=1S/C25H33N3O2S/c1-17-7-10-19(11-8-17)30-14-6-5-13-28-22(16-27(3)4)26-24-23(25(28)29)20-12-9-18(2)15-21(20)31-24/h7-8,10-11,18H,5-6,9,12-16H2,1-4H3. The van der Waals surface area contributed by atoms with Gasteiger partial charge in [0.25, 0.3) is 5.56 Å². The molecule has 2 heterocycles. The number of hydrogen-bond donors (Lipinski definition) is 0.